The molecule has 0 spiro atoms. The van der Waals surface area contributed by atoms with Crippen molar-refractivity contribution >= 4 is 11.5 Å². The Labute approximate surface area is 107 Å². The first-order valence-electron chi connectivity index (χ1n) is 5.31. The van der Waals surface area contributed by atoms with Crippen molar-refractivity contribution in [2.75, 3.05) is 0 Å². The molecule has 0 aliphatic rings. The second-order valence-electron chi connectivity index (χ2n) is 3.84. The van der Waals surface area contributed by atoms with Crippen LogP contribution in [-0.4, -0.2) is 15.7 Å². The Hall–Kier alpha value is -2.96. The average Bonchev–Trinajstić information content (AvgIpc) is 2.38. The number of nitrogens with one attached hydrogen (secondary N) is 2. The number of aromatic nitrogens is 1. The van der Waals surface area contributed by atoms with E-state index in [9.17, 15) is 14.9 Å². The first-order chi connectivity index (χ1) is 8.99. The van der Waals surface area contributed by atoms with Crippen molar-refractivity contribution in [1.29, 1.82) is 5.41 Å². The van der Waals surface area contributed by atoms with E-state index in [1.165, 1.54) is 24.3 Å². The van der Waals surface area contributed by atoms with Crippen LogP contribution in [0.25, 0.3) is 11.3 Å². The summed E-state index contributed by atoms with van der Waals surface area (Å²) in [5.74, 6) is -0.327. The van der Waals surface area contributed by atoms with Gasteiger partial charge in [-0.1, -0.05) is 12.1 Å². The molecule has 2 rings (SSSR count). The molecule has 19 heavy (non-hydrogen) atoms. The maximum Gasteiger partial charge on any atom is 0.270 e. The van der Waals surface area contributed by atoms with Gasteiger partial charge in [-0.25, -0.2) is 0 Å². The van der Waals surface area contributed by atoms with Gasteiger partial charge in [0.15, 0.2) is 0 Å². The minimum Gasteiger partial charge on any atom is -0.384 e. The van der Waals surface area contributed by atoms with Gasteiger partial charge < -0.3 is 10.7 Å². The van der Waals surface area contributed by atoms with E-state index in [1.54, 1.807) is 12.1 Å². The number of pyridine rings is 1. The highest BCUT2D eigenvalue weighted by Gasteiger charge is 2.09. The van der Waals surface area contributed by atoms with Crippen molar-refractivity contribution < 1.29 is 4.92 Å². The van der Waals surface area contributed by atoms with Crippen LogP contribution in [0.5, 0.6) is 0 Å². The predicted molar refractivity (Wildman–Crippen MR) is 70.2 cm³/mol. The van der Waals surface area contributed by atoms with Crippen molar-refractivity contribution in [3.8, 4) is 11.3 Å². The maximum atomic E-state index is 11.7. The van der Waals surface area contributed by atoms with E-state index >= 15 is 0 Å². The number of nitrogens with two attached hydrogens (primary N) is 1. The second-order valence-corrected chi connectivity index (χ2v) is 3.84. The molecule has 2 aromatic rings. The van der Waals surface area contributed by atoms with E-state index in [2.05, 4.69) is 4.98 Å². The van der Waals surface area contributed by atoms with E-state index in [0.29, 0.717) is 11.3 Å². The summed E-state index contributed by atoms with van der Waals surface area (Å²) in [4.78, 5) is 24.4. The predicted octanol–water partition coefficient (Wildman–Crippen LogP) is 1.23. The molecule has 0 amide bonds. The summed E-state index contributed by atoms with van der Waals surface area (Å²) >= 11 is 0. The third-order valence-corrected chi connectivity index (χ3v) is 2.57. The summed E-state index contributed by atoms with van der Waals surface area (Å²) in [7, 11) is 0. The lowest BCUT2D eigenvalue weighted by Crippen LogP contribution is -2.23. The van der Waals surface area contributed by atoms with Crippen molar-refractivity contribution in [3.05, 3.63) is 62.4 Å². The molecule has 1 aromatic carbocycles. The number of hydrogen-bond donors (Lipinski definition) is 3. The number of rotatable bonds is 3. The first-order valence-corrected chi connectivity index (χ1v) is 5.31. The molecule has 96 valence electrons. The lowest BCUT2D eigenvalue weighted by atomic mass is 10.1. The van der Waals surface area contributed by atoms with Gasteiger partial charge in [0.05, 0.1) is 10.5 Å². The normalized spacial score (nSPS) is 10.1. The van der Waals surface area contributed by atoms with Gasteiger partial charge in [0.1, 0.15) is 5.84 Å². The number of nitro groups is 1. The third-order valence-electron chi connectivity index (χ3n) is 2.57. The van der Waals surface area contributed by atoms with Crippen LogP contribution < -0.4 is 11.3 Å². The molecular weight excluding hydrogens is 248 g/mol. The standard InChI is InChI=1S/C12H10N4O3/c13-11(14)9-4-5-10(15-12(9)17)7-2-1-3-8(6-7)16(18)19/h1-6H,(H3,13,14)(H,15,17). The molecule has 7 heteroatoms. The molecule has 0 saturated heterocycles. The summed E-state index contributed by atoms with van der Waals surface area (Å²) in [6.07, 6.45) is 0. The van der Waals surface area contributed by atoms with Crippen LogP contribution in [0.4, 0.5) is 5.69 Å². The Bertz CT molecular complexity index is 721. The fourth-order valence-corrected chi connectivity index (χ4v) is 1.64. The summed E-state index contributed by atoms with van der Waals surface area (Å²) in [6, 6.07) is 8.87. The van der Waals surface area contributed by atoms with Gasteiger partial charge in [-0.2, -0.15) is 0 Å². The van der Waals surface area contributed by atoms with Crippen molar-refractivity contribution in [3.63, 3.8) is 0 Å². The average molecular weight is 258 g/mol. The van der Waals surface area contributed by atoms with E-state index in [0.717, 1.165) is 0 Å². The fourth-order valence-electron chi connectivity index (χ4n) is 1.64. The molecule has 0 bridgehead atoms. The van der Waals surface area contributed by atoms with Crippen molar-refractivity contribution in [1.82, 2.24) is 4.98 Å². The van der Waals surface area contributed by atoms with Gasteiger partial charge in [0.2, 0.25) is 0 Å². The van der Waals surface area contributed by atoms with Gasteiger partial charge in [-0.15, -0.1) is 0 Å². The lowest BCUT2D eigenvalue weighted by molar-refractivity contribution is -0.384. The molecule has 0 saturated carbocycles. The molecule has 0 aliphatic heterocycles. The van der Waals surface area contributed by atoms with Crippen LogP contribution in [0, 0.1) is 15.5 Å². The van der Waals surface area contributed by atoms with Crippen LogP contribution in [0.1, 0.15) is 5.56 Å². The summed E-state index contributed by atoms with van der Waals surface area (Å²) < 4.78 is 0. The second kappa shape index (κ2) is 4.73. The number of hydrogen-bond acceptors (Lipinski definition) is 4. The molecule has 1 heterocycles. The Balaban J connectivity index is 2.51. The monoisotopic (exact) mass is 258 g/mol. The van der Waals surface area contributed by atoms with Crippen molar-refractivity contribution in [2.24, 2.45) is 5.73 Å². The van der Waals surface area contributed by atoms with E-state index in [-0.39, 0.29) is 17.1 Å². The van der Waals surface area contributed by atoms with Gasteiger partial charge in [-0.3, -0.25) is 20.3 Å². The Morgan fingerprint density at radius 3 is 2.63 bits per heavy atom. The zero-order valence-electron chi connectivity index (χ0n) is 9.71. The maximum absolute atomic E-state index is 11.7. The number of H-pyrrole nitrogens is 1. The summed E-state index contributed by atoms with van der Waals surface area (Å²) in [5.41, 5.74) is 5.69. The zero-order chi connectivity index (χ0) is 14.0. The number of benzene rings is 1. The summed E-state index contributed by atoms with van der Waals surface area (Å²) in [6.45, 7) is 0. The number of nitro benzene ring substituents is 1. The molecule has 1 aromatic heterocycles. The molecule has 0 aliphatic carbocycles. The zero-order valence-corrected chi connectivity index (χ0v) is 9.71. The SMILES string of the molecule is N=C(N)c1ccc(-c2cccc([N+](=O)[O-])c2)[nH]c1=O. The Morgan fingerprint density at radius 2 is 2.05 bits per heavy atom. The molecular formula is C12H10N4O3. The Morgan fingerprint density at radius 1 is 1.32 bits per heavy atom. The van der Waals surface area contributed by atoms with Crippen LogP contribution in [0.2, 0.25) is 0 Å². The highest BCUT2D eigenvalue weighted by Crippen LogP contribution is 2.21. The van der Waals surface area contributed by atoms with E-state index in [1.807, 2.05) is 0 Å². The quantitative estimate of drug-likeness (QED) is 0.331. The van der Waals surface area contributed by atoms with E-state index in [4.69, 9.17) is 11.1 Å². The van der Waals surface area contributed by atoms with Crippen molar-refractivity contribution in [2.45, 2.75) is 0 Å². The van der Waals surface area contributed by atoms with Gasteiger partial charge in [-0.05, 0) is 12.1 Å². The smallest absolute Gasteiger partial charge is 0.270 e. The van der Waals surface area contributed by atoms with Gasteiger partial charge >= 0.3 is 0 Å². The van der Waals surface area contributed by atoms with Crippen LogP contribution in [-0.2, 0) is 0 Å². The first kappa shape index (κ1) is 12.5. The van der Waals surface area contributed by atoms with Gasteiger partial charge in [0, 0.05) is 23.4 Å². The topological polar surface area (TPSA) is 126 Å². The fraction of sp³-hybridized carbons (Fsp3) is 0. The molecule has 7 nitrogen and oxygen atoms in total. The number of amidine groups is 1. The summed E-state index contributed by atoms with van der Waals surface area (Å²) in [5, 5.41) is 17.9. The highest BCUT2D eigenvalue weighted by molar-refractivity contribution is 5.94. The Kier molecular flexibility index (Phi) is 3.11. The highest BCUT2D eigenvalue weighted by atomic mass is 16.6. The lowest BCUT2D eigenvalue weighted by Gasteiger charge is -2.03. The minimum absolute atomic E-state index is 0.0611. The molecule has 0 atom stereocenters. The van der Waals surface area contributed by atoms with Crippen LogP contribution >= 0.6 is 0 Å². The number of nitrogen functional groups attached to an aromatic ring is 1. The number of aromatic amines is 1. The molecule has 0 radical (unpaired) electrons. The van der Waals surface area contributed by atoms with E-state index < -0.39 is 10.5 Å². The molecule has 0 fully saturated rings. The number of non-ortho nitro benzene ring substituents is 1. The van der Waals surface area contributed by atoms with Gasteiger partial charge in [0.25, 0.3) is 11.2 Å². The largest absolute Gasteiger partial charge is 0.384 e. The molecule has 4 N–H and O–H groups in total. The van der Waals surface area contributed by atoms with Crippen LogP contribution in [0.3, 0.4) is 0 Å². The van der Waals surface area contributed by atoms with Crippen LogP contribution in [0.15, 0.2) is 41.2 Å². The molecule has 0 unspecified atom stereocenters. The minimum atomic E-state index is -0.508. The third kappa shape index (κ3) is 2.49. The number of nitrogens with zero attached hydrogens (tertiary/aromatic N) is 1.